The summed E-state index contributed by atoms with van der Waals surface area (Å²) >= 11 is 1.66. The van der Waals surface area contributed by atoms with Crippen molar-refractivity contribution < 1.29 is 4.74 Å². The van der Waals surface area contributed by atoms with Crippen LogP contribution in [-0.4, -0.2) is 39.3 Å². The van der Waals surface area contributed by atoms with Gasteiger partial charge in [-0.3, -0.25) is 9.88 Å². The Morgan fingerprint density at radius 2 is 2.29 bits per heavy atom. The van der Waals surface area contributed by atoms with Crippen LogP contribution in [0, 0.1) is 6.92 Å². The van der Waals surface area contributed by atoms with Crippen molar-refractivity contribution in [1.82, 2.24) is 20.1 Å². The molecule has 0 spiro atoms. The molecule has 3 heterocycles. The van der Waals surface area contributed by atoms with Crippen LogP contribution in [0.3, 0.4) is 0 Å². The molecule has 2 aromatic rings. The smallest absolute Gasteiger partial charge is 0.131 e. The minimum atomic E-state index is 0.336. The van der Waals surface area contributed by atoms with Crippen LogP contribution in [0.1, 0.15) is 28.6 Å². The number of aromatic nitrogens is 3. The van der Waals surface area contributed by atoms with E-state index in [1.165, 1.54) is 6.42 Å². The predicted octanol–water partition coefficient (Wildman–Crippen LogP) is 2.42. The highest BCUT2D eigenvalue weighted by Gasteiger charge is 2.20. The van der Waals surface area contributed by atoms with E-state index in [-0.39, 0.29) is 0 Å². The lowest BCUT2D eigenvalue weighted by atomic mass is 10.2. The lowest BCUT2D eigenvalue weighted by Gasteiger charge is -2.23. The molecule has 0 aromatic carbocycles. The highest BCUT2D eigenvalue weighted by atomic mass is 32.1. The van der Waals surface area contributed by atoms with Crippen LogP contribution in [0.25, 0.3) is 0 Å². The van der Waals surface area contributed by atoms with Crippen LogP contribution in [0.4, 0.5) is 0 Å². The van der Waals surface area contributed by atoms with E-state index in [0.29, 0.717) is 6.10 Å². The molecule has 1 aliphatic heterocycles. The third kappa shape index (κ3) is 4.30. The molecule has 0 radical (unpaired) electrons. The Bertz CT molecular complexity index is 554. The maximum absolute atomic E-state index is 5.77. The lowest BCUT2D eigenvalue weighted by Crippen LogP contribution is -2.31. The molecular weight excluding hydrogens is 284 g/mol. The molecule has 0 saturated carbocycles. The normalized spacial score (nSPS) is 18.5. The van der Waals surface area contributed by atoms with E-state index in [1.807, 2.05) is 25.3 Å². The second kappa shape index (κ2) is 7.06. The number of pyridine rings is 1. The predicted molar refractivity (Wildman–Crippen MR) is 82.0 cm³/mol. The van der Waals surface area contributed by atoms with Gasteiger partial charge in [-0.05, 0) is 31.9 Å². The third-order valence-corrected chi connectivity index (χ3v) is 4.35. The molecule has 6 heteroatoms. The van der Waals surface area contributed by atoms with Crippen LogP contribution >= 0.6 is 11.3 Å². The van der Waals surface area contributed by atoms with Crippen molar-refractivity contribution in [2.45, 2.75) is 39.0 Å². The fourth-order valence-electron chi connectivity index (χ4n) is 2.57. The maximum Gasteiger partial charge on any atom is 0.131 e. The van der Waals surface area contributed by atoms with Crippen LogP contribution in [0.5, 0.6) is 0 Å². The lowest BCUT2D eigenvalue weighted by molar-refractivity contribution is 0.0674. The first-order chi connectivity index (χ1) is 10.3. The van der Waals surface area contributed by atoms with Gasteiger partial charge in [0.2, 0.25) is 0 Å². The Morgan fingerprint density at radius 3 is 2.95 bits per heavy atom. The van der Waals surface area contributed by atoms with Crippen molar-refractivity contribution in [2.24, 2.45) is 0 Å². The van der Waals surface area contributed by atoms with E-state index < -0.39 is 0 Å². The number of ether oxygens (including phenoxy) is 1. The van der Waals surface area contributed by atoms with Gasteiger partial charge in [-0.25, -0.2) is 0 Å². The van der Waals surface area contributed by atoms with Crippen molar-refractivity contribution in [3.63, 3.8) is 0 Å². The summed E-state index contributed by atoms with van der Waals surface area (Å²) in [7, 11) is 0. The highest BCUT2D eigenvalue weighted by molar-refractivity contribution is 7.11. The minimum Gasteiger partial charge on any atom is -0.377 e. The van der Waals surface area contributed by atoms with E-state index in [2.05, 4.69) is 26.1 Å². The van der Waals surface area contributed by atoms with Gasteiger partial charge in [0.15, 0.2) is 0 Å². The molecule has 0 bridgehead atoms. The second-order valence-electron chi connectivity index (χ2n) is 5.34. The average molecular weight is 304 g/mol. The number of hydrogen-bond donors (Lipinski definition) is 0. The fourth-order valence-corrected chi connectivity index (χ4v) is 3.33. The van der Waals surface area contributed by atoms with Crippen LogP contribution < -0.4 is 0 Å². The molecule has 2 aromatic heterocycles. The molecule has 1 aliphatic rings. The summed E-state index contributed by atoms with van der Waals surface area (Å²) in [5.74, 6) is 0. The van der Waals surface area contributed by atoms with Crippen LogP contribution in [-0.2, 0) is 17.8 Å². The standard InChI is InChI=1S/C15H20N4OS/c1-12-17-18-15(21-12)11-19(10-14-6-4-8-20-14)9-13-5-2-3-7-16-13/h2-3,5,7,14H,4,6,8-11H2,1H3/t14-/m1/s1. The van der Waals surface area contributed by atoms with Crippen LogP contribution in [0.15, 0.2) is 24.4 Å². The molecule has 0 unspecified atom stereocenters. The zero-order valence-corrected chi connectivity index (χ0v) is 13.1. The van der Waals surface area contributed by atoms with Crippen molar-refractivity contribution in [2.75, 3.05) is 13.2 Å². The summed E-state index contributed by atoms with van der Waals surface area (Å²) in [6.07, 6.45) is 4.49. The first-order valence-corrected chi connectivity index (χ1v) is 8.14. The SMILES string of the molecule is Cc1nnc(CN(Cc2ccccn2)C[C@H]2CCCO2)s1. The molecule has 0 amide bonds. The van der Waals surface area contributed by atoms with Gasteiger partial charge in [-0.1, -0.05) is 6.07 Å². The van der Waals surface area contributed by atoms with Gasteiger partial charge in [-0.15, -0.1) is 21.5 Å². The fraction of sp³-hybridized carbons (Fsp3) is 0.533. The second-order valence-corrected chi connectivity index (χ2v) is 6.61. The number of nitrogens with zero attached hydrogens (tertiary/aromatic N) is 4. The first kappa shape index (κ1) is 14.6. The molecule has 1 saturated heterocycles. The van der Waals surface area contributed by atoms with E-state index >= 15 is 0 Å². The van der Waals surface area contributed by atoms with Gasteiger partial charge in [0.25, 0.3) is 0 Å². The van der Waals surface area contributed by atoms with Gasteiger partial charge < -0.3 is 4.74 Å². The van der Waals surface area contributed by atoms with Gasteiger partial charge in [-0.2, -0.15) is 0 Å². The summed E-state index contributed by atoms with van der Waals surface area (Å²) in [6.45, 7) is 5.43. The summed E-state index contributed by atoms with van der Waals surface area (Å²) in [5, 5.41) is 10.4. The van der Waals surface area contributed by atoms with E-state index in [9.17, 15) is 0 Å². The maximum atomic E-state index is 5.77. The molecule has 0 aliphatic carbocycles. The van der Waals surface area contributed by atoms with Crippen molar-refractivity contribution in [1.29, 1.82) is 0 Å². The first-order valence-electron chi connectivity index (χ1n) is 7.32. The average Bonchev–Trinajstić information content (AvgIpc) is 3.12. The van der Waals surface area contributed by atoms with Gasteiger partial charge in [0, 0.05) is 25.9 Å². The quantitative estimate of drug-likeness (QED) is 0.820. The highest BCUT2D eigenvalue weighted by Crippen LogP contribution is 2.18. The van der Waals surface area contributed by atoms with Crippen LogP contribution in [0.2, 0.25) is 0 Å². The Kier molecular flexibility index (Phi) is 4.90. The summed E-state index contributed by atoms with van der Waals surface area (Å²) < 4.78 is 5.77. The van der Waals surface area contributed by atoms with Gasteiger partial charge in [0.05, 0.1) is 18.3 Å². The third-order valence-electron chi connectivity index (χ3n) is 3.52. The van der Waals surface area contributed by atoms with Gasteiger partial charge >= 0.3 is 0 Å². The molecule has 5 nitrogen and oxygen atoms in total. The Morgan fingerprint density at radius 1 is 1.33 bits per heavy atom. The zero-order chi connectivity index (χ0) is 14.5. The minimum absolute atomic E-state index is 0.336. The Labute approximate surface area is 129 Å². The zero-order valence-electron chi connectivity index (χ0n) is 12.2. The topological polar surface area (TPSA) is 51.1 Å². The van der Waals surface area contributed by atoms with Gasteiger partial charge in [0.1, 0.15) is 10.0 Å². The summed E-state index contributed by atoms with van der Waals surface area (Å²) in [4.78, 5) is 6.78. The summed E-state index contributed by atoms with van der Waals surface area (Å²) in [5.41, 5.74) is 1.08. The largest absolute Gasteiger partial charge is 0.377 e. The summed E-state index contributed by atoms with van der Waals surface area (Å²) in [6, 6.07) is 6.04. The van der Waals surface area contributed by atoms with E-state index in [1.54, 1.807) is 11.3 Å². The van der Waals surface area contributed by atoms with E-state index in [4.69, 9.17) is 4.74 Å². The number of hydrogen-bond acceptors (Lipinski definition) is 6. The molecule has 21 heavy (non-hydrogen) atoms. The molecule has 112 valence electrons. The molecule has 1 fully saturated rings. The van der Waals surface area contributed by atoms with E-state index in [0.717, 1.165) is 48.4 Å². The number of rotatable bonds is 6. The van der Waals surface area contributed by atoms with Crippen molar-refractivity contribution in [3.05, 3.63) is 40.1 Å². The number of aryl methyl sites for hydroxylation is 1. The Hall–Kier alpha value is -1.37. The monoisotopic (exact) mass is 304 g/mol. The molecule has 1 atom stereocenters. The molecule has 3 rings (SSSR count). The Balaban J connectivity index is 1.67. The molecular formula is C15H20N4OS. The molecule has 0 N–H and O–H groups in total. The van der Waals surface area contributed by atoms with Crippen molar-refractivity contribution in [3.8, 4) is 0 Å². The van der Waals surface area contributed by atoms with Crippen molar-refractivity contribution >= 4 is 11.3 Å².